The molecule has 0 bridgehead atoms. The molecule has 0 fully saturated rings. The van der Waals surface area contributed by atoms with Crippen LogP contribution in [0.5, 0.6) is 5.75 Å². The summed E-state index contributed by atoms with van der Waals surface area (Å²) in [4.78, 5) is 20.3. The molecule has 10 heteroatoms. The zero-order valence-electron chi connectivity index (χ0n) is 20.3. The normalized spacial score (nSPS) is 15.3. The molecule has 1 atom stereocenters. The molecular formula is C27H25F3N4O3. The van der Waals surface area contributed by atoms with E-state index in [-0.39, 0.29) is 10.9 Å². The molecule has 2 aromatic carbocycles. The number of rotatable bonds is 6. The maximum absolute atomic E-state index is 14.5. The third kappa shape index (κ3) is 4.57. The summed E-state index contributed by atoms with van der Waals surface area (Å²) in [7, 11) is 0. The Hall–Kier alpha value is -3.79. The summed E-state index contributed by atoms with van der Waals surface area (Å²) in [5.74, 6) is 0.544. The molecule has 1 N–H and O–H groups in total. The number of aromatic nitrogens is 4. The molecule has 1 aliphatic rings. The lowest BCUT2D eigenvalue weighted by Crippen LogP contribution is -2.52. The van der Waals surface area contributed by atoms with E-state index in [0.717, 1.165) is 27.6 Å². The number of fused-ring (bicyclic) bond motifs is 2. The maximum Gasteiger partial charge on any atom is 0.419 e. The highest BCUT2D eigenvalue weighted by Crippen LogP contribution is 2.47. The molecular weight excluding hydrogens is 485 g/mol. The number of hydrogen-bond acceptors (Lipinski definition) is 6. The quantitative estimate of drug-likeness (QED) is 0.412. The van der Waals surface area contributed by atoms with Gasteiger partial charge in [0.05, 0.1) is 24.9 Å². The average molecular weight is 511 g/mol. The van der Waals surface area contributed by atoms with Crippen molar-refractivity contribution in [2.75, 3.05) is 6.61 Å². The van der Waals surface area contributed by atoms with Gasteiger partial charge in [-0.05, 0) is 47.2 Å². The molecule has 1 aliphatic heterocycles. The number of nitrogens with zero attached hydrogens (tertiary/aromatic N) is 4. The van der Waals surface area contributed by atoms with E-state index in [1.165, 1.54) is 18.5 Å². The van der Waals surface area contributed by atoms with Crippen LogP contribution in [0.2, 0.25) is 0 Å². The molecule has 7 nitrogen and oxygen atoms in total. The number of halogens is 3. The van der Waals surface area contributed by atoms with Crippen LogP contribution in [0.3, 0.4) is 0 Å². The average Bonchev–Trinajstić information content (AvgIpc) is 3.33. The molecule has 5 rings (SSSR count). The van der Waals surface area contributed by atoms with Gasteiger partial charge in [0.25, 0.3) is 0 Å². The number of para-hydroxylation sites is 1. The number of ether oxygens (including phenoxy) is 1. The second kappa shape index (κ2) is 8.95. The fourth-order valence-corrected chi connectivity index (χ4v) is 5.03. The molecule has 4 aromatic rings. The van der Waals surface area contributed by atoms with E-state index in [2.05, 4.69) is 15.1 Å². The molecule has 0 spiro atoms. The molecule has 0 aliphatic carbocycles. The predicted molar refractivity (Wildman–Crippen MR) is 131 cm³/mol. The smallest absolute Gasteiger partial charge is 0.419 e. The summed E-state index contributed by atoms with van der Waals surface area (Å²) in [6.45, 7) is 2.85. The second-order valence-electron chi connectivity index (χ2n) is 10.0. The van der Waals surface area contributed by atoms with Gasteiger partial charge in [0, 0.05) is 35.3 Å². The molecule has 0 saturated heterocycles. The molecule has 2 aromatic heterocycles. The first-order chi connectivity index (χ1) is 17.5. The van der Waals surface area contributed by atoms with E-state index in [0.29, 0.717) is 24.3 Å². The van der Waals surface area contributed by atoms with E-state index in [9.17, 15) is 23.1 Å². The van der Waals surface area contributed by atoms with Crippen LogP contribution in [-0.4, -0.2) is 43.2 Å². The number of benzene rings is 2. The third-order valence-electron chi connectivity index (χ3n) is 6.84. The van der Waals surface area contributed by atoms with Crippen molar-refractivity contribution >= 4 is 10.9 Å². The highest BCUT2D eigenvalue weighted by Gasteiger charge is 2.57. The maximum atomic E-state index is 14.5. The lowest BCUT2D eigenvalue weighted by Gasteiger charge is -2.38. The van der Waals surface area contributed by atoms with E-state index < -0.39 is 35.6 Å². The molecule has 0 radical (unpaired) electrons. The van der Waals surface area contributed by atoms with Crippen LogP contribution in [0.1, 0.15) is 31.4 Å². The summed E-state index contributed by atoms with van der Waals surface area (Å²) >= 11 is 0. The lowest BCUT2D eigenvalue weighted by atomic mass is 9.73. The Bertz CT molecular complexity index is 1520. The highest BCUT2D eigenvalue weighted by molar-refractivity contribution is 5.78. The lowest BCUT2D eigenvalue weighted by molar-refractivity contribution is -0.272. The summed E-state index contributed by atoms with van der Waals surface area (Å²) in [5, 5.41) is 15.4. The molecule has 3 heterocycles. The van der Waals surface area contributed by atoms with Gasteiger partial charge in [0.2, 0.25) is 5.43 Å². The largest absolute Gasteiger partial charge is 0.493 e. The molecule has 0 saturated carbocycles. The van der Waals surface area contributed by atoms with Crippen LogP contribution < -0.4 is 10.2 Å². The van der Waals surface area contributed by atoms with Gasteiger partial charge < -0.3 is 9.84 Å². The van der Waals surface area contributed by atoms with Gasteiger partial charge >= 0.3 is 6.18 Å². The SMILES string of the molecule is CC(C)(CC(O)(Cn1ncc(=O)c2ccccc21)C(F)(F)F)c1cc(-c2cncnc2)cc2c1OCC2. The van der Waals surface area contributed by atoms with Gasteiger partial charge in [-0.3, -0.25) is 9.48 Å². The Kier molecular flexibility index (Phi) is 6.02. The molecule has 1 unspecified atom stereocenters. The first-order valence-electron chi connectivity index (χ1n) is 11.8. The van der Waals surface area contributed by atoms with Crippen LogP contribution in [0, 0.1) is 0 Å². The Morgan fingerprint density at radius 3 is 2.51 bits per heavy atom. The molecule has 0 amide bonds. The minimum atomic E-state index is -4.98. The van der Waals surface area contributed by atoms with E-state index in [1.54, 1.807) is 44.4 Å². The van der Waals surface area contributed by atoms with Crippen molar-refractivity contribution in [3.05, 3.63) is 82.7 Å². The minimum absolute atomic E-state index is 0.214. The van der Waals surface area contributed by atoms with Crippen LogP contribution >= 0.6 is 0 Å². The van der Waals surface area contributed by atoms with Gasteiger partial charge in [0.1, 0.15) is 12.1 Å². The van der Waals surface area contributed by atoms with Crippen LogP contribution in [0.15, 0.2) is 66.1 Å². The molecule has 192 valence electrons. The van der Waals surface area contributed by atoms with Crippen molar-refractivity contribution in [2.24, 2.45) is 0 Å². The second-order valence-corrected chi connectivity index (χ2v) is 10.0. The van der Waals surface area contributed by atoms with Gasteiger partial charge in [-0.2, -0.15) is 18.3 Å². The Balaban J connectivity index is 1.58. The van der Waals surface area contributed by atoms with Crippen LogP contribution in [0.4, 0.5) is 13.2 Å². The minimum Gasteiger partial charge on any atom is -0.493 e. The Morgan fingerprint density at radius 1 is 1.05 bits per heavy atom. The summed E-state index contributed by atoms with van der Waals surface area (Å²) in [6.07, 6.45) is 0.623. The predicted octanol–water partition coefficient (Wildman–Crippen LogP) is 4.45. The van der Waals surface area contributed by atoms with Gasteiger partial charge in [-0.25, -0.2) is 9.97 Å². The van der Waals surface area contributed by atoms with Crippen molar-refractivity contribution in [2.45, 2.75) is 50.4 Å². The third-order valence-corrected chi connectivity index (χ3v) is 6.84. The zero-order chi connectivity index (χ0) is 26.4. The first kappa shape index (κ1) is 24.9. The number of hydrogen-bond donors (Lipinski definition) is 1. The van der Waals surface area contributed by atoms with Crippen molar-refractivity contribution in [1.82, 2.24) is 19.7 Å². The summed E-state index contributed by atoms with van der Waals surface area (Å²) in [6, 6.07) is 9.98. The van der Waals surface area contributed by atoms with Crippen molar-refractivity contribution in [3.63, 3.8) is 0 Å². The monoisotopic (exact) mass is 510 g/mol. The first-order valence-corrected chi connectivity index (χ1v) is 11.8. The van der Waals surface area contributed by atoms with Gasteiger partial charge in [-0.1, -0.05) is 26.0 Å². The van der Waals surface area contributed by atoms with Gasteiger partial charge in [-0.15, -0.1) is 0 Å². The fourth-order valence-electron chi connectivity index (χ4n) is 5.03. The fraction of sp³-hybridized carbons (Fsp3) is 0.333. The van der Waals surface area contributed by atoms with Crippen LogP contribution in [0.25, 0.3) is 22.0 Å². The zero-order valence-corrected chi connectivity index (χ0v) is 20.3. The Labute approximate surface area is 210 Å². The van der Waals surface area contributed by atoms with Crippen molar-refractivity contribution in [1.29, 1.82) is 0 Å². The van der Waals surface area contributed by atoms with Gasteiger partial charge in [0.15, 0.2) is 5.60 Å². The number of aliphatic hydroxyl groups is 1. The standard InChI is InChI=1S/C27H25F3N4O3/c1-25(2,21-10-18(19-11-31-16-32-12-19)9-17-7-8-37-24(17)21)14-26(36,27(28,29)30)15-34-22-6-4-3-5-20(22)23(35)13-33-34/h3-6,9-13,16,36H,7-8,14-15H2,1-2H3. The molecule has 37 heavy (non-hydrogen) atoms. The van der Waals surface area contributed by atoms with E-state index >= 15 is 0 Å². The summed E-state index contributed by atoms with van der Waals surface area (Å²) < 4.78 is 50.5. The van der Waals surface area contributed by atoms with Crippen molar-refractivity contribution in [3.8, 4) is 16.9 Å². The van der Waals surface area contributed by atoms with Crippen LogP contribution in [-0.2, 0) is 18.4 Å². The van der Waals surface area contributed by atoms with E-state index in [4.69, 9.17) is 4.74 Å². The topological polar surface area (TPSA) is 90.1 Å². The van der Waals surface area contributed by atoms with Crippen molar-refractivity contribution < 1.29 is 23.0 Å². The highest BCUT2D eigenvalue weighted by atomic mass is 19.4. The Morgan fingerprint density at radius 2 is 1.78 bits per heavy atom. The summed E-state index contributed by atoms with van der Waals surface area (Å²) in [5.41, 5.74) is -1.59. The van der Waals surface area contributed by atoms with E-state index in [1.807, 2.05) is 6.07 Å². The number of alkyl halides is 3.